The first-order valence-electron chi connectivity index (χ1n) is 6.96. The van der Waals surface area contributed by atoms with Crippen molar-refractivity contribution in [2.75, 3.05) is 12.0 Å². The van der Waals surface area contributed by atoms with Gasteiger partial charge < -0.3 is 4.74 Å². The van der Waals surface area contributed by atoms with Gasteiger partial charge in [0, 0.05) is 6.92 Å². The van der Waals surface area contributed by atoms with E-state index in [4.69, 9.17) is 0 Å². The van der Waals surface area contributed by atoms with Crippen LogP contribution in [0.3, 0.4) is 0 Å². The summed E-state index contributed by atoms with van der Waals surface area (Å²) in [6, 6.07) is 3.48. The Balaban J connectivity index is 2.05. The third-order valence-electron chi connectivity index (χ3n) is 3.85. The number of nitrogens with zero attached hydrogens (tertiary/aromatic N) is 3. The molecule has 1 fully saturated rings. The van der Waals surface area contributed by atoms with Crippen molar-refractivity contribution in [2.24, 2.45) is 11.0 Å². The fourth-order valence-corrected chi connectivity index (χ4v) is 2.79. The molecule has 9 heteroatoms. The van der Waals surface area contributed by atoms with Gasteiger partial charge >= 0.3 is 5.97 Å². The second kappa shape index (κ2) is 5.52. The summed E-state index contributed by atoms with van der Waals surface area (Å²) in [6.45, 7) is 1.17. The third kappa shape index (κ3) is 2.16. The van der Waals surface area contributed by atoms with Crippen molar-refractivity contribution in [3.05, 3.63) is 30.1 Å². The highest BCUT2D eigenvalue weighted by atomic mass is 19.1. The highest BCUT2D eigenvalue weighted by Gasteiger charge is 2.59. The first kappa shape index (κ1) is 15.8. The number of amides is 3. The maximum Gasteiger partial charge on any atom is 0.355 e. The van der Waals surface area contributed by atoms with Crippen LogP contribution >= 0.6 is 0 Å². The predicted octanol–water partition coefficient (Wildman–Crippen LogP) is 0.0748. The SMILES string of the molecule is COC(=O)C1=NN(C(C)=O)[C@@H]2C(=O)N(c3ccc(F)cc3)C(=O)[C@H]12. The minimum absolute atomic E-state index is 0.147. The third-order valence-corrected chi connectivity index (χ3v) is 3.85. The van der Waals surface area contributed by atoms with Gasteiger partial charge in [0.2, 0.25) is 11.8 Å². The van der Waals surface area contributed by atoms with Crippen LogP contribution < -0.4 is 4.90 Å². The number of hydrogen-bond acceptors (Lipinski definition) is 6. The van der Waals surface area contributed by atoms with Crippen LogP contribution in [0.4, 0.5) is 10.1 Å². The molecule has 0 radical (unpaired) electrons. The van der Waals surface area contributed by atoms with Crippen molar-refractivity contribution in [1.82, 2.24) is 5.01 Å². The molecule has 124 valence electrons. The van der Waals surface area contributed by atoms with Gasteiger partial charge in [-0.15, -0.1) is 0 Å². The van der Waals surface area contributed by atoms with Gasteiger partial charge in [0.05, 0.1) is 12.8 Å². The van der Waals surface area contributed by atoms with E-state index in [1.165, 1.54) is 19.1 Å². The number of methoxy groups -OCH3 is 1. The molecule has 1 saturated heterocycles. The molecule has 2 heterocycles. The molecule has 2 aliphatic rings. The van der Waals surface area contributed by atoms with Gasteiger partial charge in [-0.2, -0.15) is 5.10 Å². The average molecular weight is 333 g/mol. The molecule has 0 spiro atoms. The second-order valence-electron chi connectivity index (χ2n) is 5.25. The predicted molar refractivity (Wildman–Crippen MR) is 78.1 cm³/mol. The van der Waals surface area contributed by atoms with E-state index in [9.17, 15) is 23.6 Å². The summed E-state index contributed by atoms with van der Waals surface area (Å²) in [4.78, 5) is 49.7. The molecular formula is C15H12FN3O5. The Hall–Kier alpha value is -3.10. The van der Waals surface area contributed by atoms with Gasteiger partial charge in [0.15, 0.2) is 11.8 Å². The molecule has 8 nitrogen and oxygen atoms in total. The number of esters is 1. The molecule has 2 atom stereocenters. The van der Waals surface area contributed by atoms with E-state index in [0.29, 0.717) is 0 Å². The minimum atomic E-state index is -1.24. The van der Waals surface area contributed by atoms with Crippen LogP contribution in [-0.4, -0.2) is 47.6 Å². The number of hydrogen-bond donors (Lipinski definition) is 0. The number of hydrazone groups is 1. The molecule has 0 bridgehead atoms. The molecule has 24 heavy (non-hydrogen) atoms. The van der Waals surface area contributed by atoms with Crippen molar-refractivity contribution in [2.45, 2.75) is 13.0 Å². The molecule has 0 aliphatic carbocycles. The van der Waals surface area contributed by atoms with Crippen LogP contribution in [0.2, 0.25) is 0 Å². The summed E-state index contributed by atoms with van der Waals surface area (Å²) in [5, 5.41) is 4.59. The lowest BCUT2D eigenvalue weighted by atomic mass is 9.98. The lowest BCUT2D eigenvalue weighted by Crippen LogP contribution is -2.41. The Morgan fingerprint density at radius 1 is 1.17 bits per heavy atom. The van der Waals surface area contributed by atoms with Gasteiger partial charge in [-0.1, -0.05) is 0 Å². The summed E-state index contributed by atoms with van der Waals surface area (Å²) in [5.41, 5.74) is -0.158. The quantitative estimate of drug-likeness (QED) is 0.564. The lowest BCUT2D eigenvalue weighted by Gasteiger charge is -2.19. The first-order valence-corrected chi connectivity index (χ1v) is 6.96. The number of anilines is 1. The van der Waals surface area contributed by atoms with Crippen LogP contribution in [0.1, 0.15) is 6.92 Å². The number of carbonyl (C=O) groups is 4. The largest absolute Gasteiger partial charge is 0.464 e. The fraction of sp³-hybridized carbons (Fsp3) is 0.267. The van der Waals surface area contributed by atoms with Crippen LogP contribution in [-0.2, 0) is 23.9 Å². The topological polar surface area (TPSA) is 96.3 Å². The lowest BCUT2D eigenvalue weighted by molar-refractivity contribution is -0.136. The molecule has 0 aromatic heterocycles. The van der Waals surface area contributed by atoms with Crippen LogP contribution in [0, 0.1) is 11.7 Å². The van der Waals surface area contributed by atoms with Crippen LogP contribution in [0.25, 0.3) is 0 Å². The maximum absolute atomic E-state index is 13.1. The fourth-order valence-electron chi connectivity index (χ4n) is 2.79. The highest BCUT2D eigenvalue weighted by Crippen LogP contribution is 2.35. The number of imide groups is 1. The standard InChI is InChI=1S/C15H12FN3O5/c1-7(20)19-12-10(11(17-19)15(23)24-2)13(21)18(14(12)22)9-5-3-8(16)4-6-9/h3-6,10,12H,1-2H3/t10-,12+/m1/s1. The van der Waals surface area contributed by atoms with Gasteiger partial charge in [-0.05, 0) is 24.3 Å². The number of carbonyl (C=O) groups excluding carboxylic acids is 4. The van der Waals surface area contributed by atoms with Gasteiger partial charge in [-0.3, -0.25) is 14.4 Å². The highest BCUT2D eigenvalue weighted by molar-refractivity contribution is 6.46. The van der Waals surface area contributed by atoms with E-state index in [-0.39, 0.29) is 11.4 Å². The summed E-state index contributed by atoms with van der Waals surface area (Å²) < 4.78 is 17.6. The van der Waals surface area contributed by atoms with E-state index in [0.717, 1.165) is 29.2 Å². The van der Waals surface area contributed by atoms with E-state index in [1.54, 1.807) is 0 Å². The van der Waals surface area contributed by atoms with Crippen LogP contribution in [0.15, 0.2) is 29.4 Å². The smallest absolute Gasteiger partial charge is 0.355 e. The van der Waals surface area contributed by atoms with E-state index >= 15 is 0 Å². The van der Waals surface area contributed by atoms with Crippen molar-refractivity contribution in [1.29, 1.82) is 0 Å². The zero-order valence-electron chi connectivity index (χ0n) is 12.7. The van der Waals surface area contributed by atoms with Gasteiger partial charge in [-0.25, -0.2) is 19.1 Å². The zero-order valence-corrected chi connectivity index (χ0v) is 12.7. The number of fused-ring (bicyclic) bond motifs is 1. The molecule has 0 saturated carbocycles. The number of ether oxygens (including phenoxy) is 1. The molecule has 0 N–H and O–H groups in total. The van der Waals surface area contributed by atoms with E-state index in [2.05, 4.69) is 9.84 Å². The van der Waals surface area contributed by atoms with Gasteiger partial charge in [0.25, 0.3) is 5.91 Å². The van der Waals surface area contributed by atoms with Gasteiger partial charge in [0.1, 0.15) is 11.7 Å². The molecule has 1 aromatic carbocycles. The molecular weight excluding hydrogens is 321 g/mol. The Bertz CT molecular complexity index is 789. The molecule has 3 amide bonds. The monoisotopic (exact) mass is 333 g/mol. The molecule has 0 unspecified atom stereocenters. The Morgan fingerprint density at radius 2 is 1.79 bits per heavy atom. The van der Waals surface area contributed by atoms with E-state index in [1.807, 2.05) is 0 Å². The first-order chi connectivity index (χ1) is 11.4. The summed E-state index contributed by atoms with van der Waals surface area (Å²) in [6.07, 6.45) is 0. The Labute approximate surface area is 135 Å². The zero-order chi connectivity index (χ0) is 17.6. The average Bonchev–Trinajstić information content (AvgIpc) is 3.06. The summed E-state index contributed by atoms with van der Waals surface area (Å²) in [5.74, 6) is -4.68. The second-order valence-corrected chi connectivity index (χ2v) is 5.25. The molecule has 2 aliphatic heterocycles. The van der Waals surface area contributed by atoms with Crippen molar-refractivity contribution in [3.63, 3.8) is 0 Å². The minimum Gasteiger partial charge on any atom is -0.464 e. The maximum atomic E-state index is 13.1. The van der Waals surface area contributed by atoms with E-state index < -0.39 is 41.5 Å². The number of rotatable bonds is 2. The Kier molecular flexibility index (Phi) is 3.63. The van der Waals surface area contributed by atoms with Crippen molar-refractivity contribution in [3.8, 4) is 0 Å². The normalized spacial score (nSPS) is 22.5. The van der Waals surface area contributed by atoms with Crippen molar-refractivity contribution >= 4 is 35.1 Å². The summed E-state index contributed by atoms with van der Waals surface area (Å²) >= 11 is 0. The molecule has 3 rings (SSSR count). The number of benzene rings is 1. The van der Waals surface area contributed by atoms with Crippen LogP contribution in [0.5, 0.6) is 0 Å². The summed E-state index contributed by atoms with van der Waals surface area (Å²) in [7, 11) is 1.11. The number of halogens is 1. The molecule has 1 aromatic rings. The Morgan fingerprint density at radius 3 is 2.33 bits per heavy atom. The van der Waals surface area contributed by atoms with Crippen molar-refractivity contribution < 1.29 is 28.3 Å².